The number of Topliss-reactive ketones (excluding diaryl/α,β-unsaturated/α-hetero) is 1. The van der Waals surface area contributed by atoms with Gasteiger partial charge in [-0.15, -0.1) is 0 Å². The first-order valence-corrected chi connectivity index (χ1v) is 9.17. The third kappa shape index (κ3) is 3.63. The largest absolute Gasteiger partial charge is 0.496 e. The van der Waals surface area contributed by atoms with Crippen LogP contribution in [0.1, 0.15) is 26.3 Å². The number of benzene rings is 3. The summed E-state index contributed by atoms with van der Waals surface area (Å²) in [6.45, 7) is 0. The molecule has 1 heterocycles. The normalized spacial score (nSPS) is 13.5. The molecule has 0 fully saturated rings. The zero-order valence-corrected chi connectivity index (χ0v) is 16.4. The van der Waals surface area contributed by atoms with E-state index in [-0.39, 0.29) is 17.3 Å². The predicted octanol–water partition coefficient (Wildman–Crippen LogP) is 4.54. The van der Waals surface area contributed by atoms with E-state index >= 15 is 0 Å². The van der Waals surface area contributed by atoms with Crippen LogP contribution in [0.15, 0.2) is 72.5 Å². The molecule has 1 aliphatic rings. The SMILES string of the molecule is COc1ccccc1C=C1Oc2cc(OC(=O)c3ccccc3OC)ccc2C1=O. The van der Waals surface area contributed by atoms with Gasteiger partial charge in [-0.3, -0.25) is 4.79 Å². The van der Waals surface area contributed by atoms with Gasteiger partial charge in [0.05, 0.1) is 19.8 Å². The molecule has 0 radical (unpaired) electrons. The van der Waals surface area contributed by atoms with Crippen LogP contribution in [0.4, 0.5) is 0 Å². The molecule has 30 heavy (non-hydrogen) atoms. The van der Waals surface area contributed by atoms with Crippen molar-refractivity contribution in [1.82, 2.24) is 0 Å². The monoisotopic (exact) mass is 402 g/mol. The Morgan fingerprint density at radius 2 is 1.60 bits per heavy atom. The second kappa shape index (κ2) is 8.13. The van der Waals surface area contributed by atoms with E-state index < -0.39 is 5.97 Å². The average molecular weight is 402 g/mol. The van der Waals surface area contributed by atoms with Crippen molar-refractivity contribution in [2.24, 2.45) is 0 Å². The van der Waals surface area contributed by atoms with Crippen molar-refractivity contribution < 1.29 is 28.5 Å². The number of methoxy groups -OCH3 is 2. The molecule has 0 aliphatic carbocycles. The van der Waals surface area contributed by atoms with Crippen LogP contribution < -0.4 is 18.9 Å². The fraction of sp³-hybridized carbons (Fsp3) is 0.0833. The van der Waals surface area contributed by atoms with Crippen molar-refractivity contribution >= 4 is 17.8 Å². The average Bonchev–Trinajstić information content (AvgIpc) is 3.08. The Kier molecular flexibility index (Phi) is 5.22. The van der Waals surface area contributed by atoms with E-state index in [1.807, 2.05) is 18.2 Å². The van der Waals surface area contributed by atoms with E-state index in [9.17, 15) is 9.59 Å². The molecule has 3 aromatic carbocycles. The lowest BCUT2D eigenvalue weighted by Crippen LogP contribution is -2.10. The highest BCUT2D eigenvalue weighted by Gasteiger charge is 2.28. The predicted molar refractivity (Wildman–Crippen MR) is 110 cm³/mol. The third-order valence-electron chi connectivity index (χ3n) is 4.60. The minimum Gasteiger partial charge on any atom is -0.496 e. The molecule has 0 aromatic heterocycles. The van der Waals surface area contributed by atoms with E-state index in [1.54, 1.807) is 55.7 Å². The quantitative estimate of drug-likeness (QED) is 0.355. The Morgan fingerprint density at radius 1 is 0.900 bits per heavy atom. The highest BCUT2D eigenvalue weighted by molar-refractivity contribution is 6.14. The van der Waals surface area contributed by atoms with Gasteiger partial charge in [0.1, 0.15) is 28.6 Å². The standard InChI is InChI=1S/C24H18O6/c1-27-19-9-5-3-7-15(19)13-22-23(25)17-12-11-16(14-21(17)30-22)29-24(26)18-8-4-6-10-20(18)28-2/h3-14H,1-2H3. The molecule has 0 saturated heterocycles. The lowest BCUT2D eigenvalue weighted by Gasteiger charge is -2.08. The van der Waals surface area contributed by atoms with Crippen molar-refractivity contribution in [2.75, 3.05) is 14.2 Å². The molecule has 1 aliphatic heterocycles. The second-order valence-electron chi connectivity index (χ2n) is 6.43. The number of carbonyl (C=O) groups is 2. The van der Waals surface area contributed by atoms with Crippen molar-refractivity contribution in [1.29, 1.82) is 0 Å². The molecule has 0 atom stereocenters. The number of allylic oxidation sites excluding steroid dienone is 1. The number of carbonyl (C=O) groups excluding carboxylic acids is 2. The maximum absolute atomic E-state index is 12.7. The van der Waals surface area contributed by atoms with E-state index in [2.05, 4.69) is 0 Å². The van der Waals surface area contributed by atoms with Gasteiger partial charge in [-0.2, -0.15) is 0 Å². The van der Waals surface area contributed by atoms with Gasteiger partial charge < -0.3 is 18.9 Å². The number of esters is 1. The molecule has 0 amide bonds. The molecule has 4 rings (SSSR count). The topological polar surface area (TPSA) is 71.1 Å². The fourth-order valence-electron chi connectivity index (χ4n) is 3.13. The Morgan fingerprint density at radius 3 is 2.37 bits per heavy atom. The first-order valence-electron chi connectivity index (χ1n) is 9.17. The van der Waals surface area contributed by atoms with E-state index in [4.69, 9.17) is 18.9 Å². The minimum atomic E-state index is -0.568. The van der Waals surface area contributed by atoms with Crippen LogP contribution in [0.3, 0.4) is 0 Å². The van der Waals surface area contributed by atoms with Gasteiger partial charge in [-0.1, -0.05) is 30.3 Å². The van der Waals surface area contributed by atoms with Gasteiger partial charge in [-0.05, 0) is 36.4 Å². The summed E-state index contributed by atoms with van der Waals surface area (Å²) in [6, 6.07) is 18.7. The van der Waals surface area contributed by atoms with Crippen LogP contribution >= 0.6 is 0 Å². The van der Waals surface area contributed by atoms with Crippen molar-refractivity contribution in [3.63, 3.8) is 0 Å². The van der Waals surface area contributed by atoms with Gasteiger partial charge in [-0.25, -0.2) is 4.79 Å². The summed E-state index contributed by atoms with van der Waals surface area (Å²) in [6.07, 6.45) is 1.63. The Labute approximate surface area is 173 Å². The maximum atomic E-state index is 12.7. The summed E-state index contributed by atoms with van der Waals surface area (Å²) < 4.78 is 21.7. The minimum absolute atomic E-state index is 0.169. The maximum Gasteiger partial charge on any atom is 0.347 e. The third-order valence-corrected chi connectivity index (χ3v) is 4.60. The Bertz CT molecular complexity index is 1160. The van der Waals surface area contributed by atoms with Crippen LogP contribution in [0.2, 0.25) is 0 Å². The number of fused-ring (bicyclic) bond motifs is 1. The summed E-state index contributed by atoms with van der Waals surface area (Å²) in [5.41, 5.74) is 1.42. The second-order valence-corrected chi connectivity index (χ2v) is 6.43. The highest BCUT2D eigenvalue weighted by atomic mass is 16.5. The smallest absolute Gasteiger partial charge is 0.347 e. The highest BCUT2D eigenvalue weighted by Crippen LogP contribution is 2.36. The van der Waals surface area contributed by atoms with Crippen molar-refractivity contribution in [2.45, 2.75) is 0 Å². The van der Waals surface area contributed by atoms with Crippen LogP contribution in [0.5, 0.6) is 23.0 Å². The summed E-state index contributed by atoms with van der Waals surface area (Å²) in [4.78, 5) is 25.2. The van der Waals surface area contributed by atoms with Gasteiger partial charge in [0.2, 0.25) is 5.78 Å². The lowest BCUT2D eigenvalue weighted by atomic mass is 10.1. The number of ketones is 1. The summed E-state index contributed by atoms with van der Waals surface area (Å²) >= 11 is 0. The molecule has 0 bridgehead atoms. The van der Waals surface area contributed by atoms with Gasteiger partial charge >= 0.3 is 5.97 Å². The van der Waals surface area contributed by atoms with E-state index in [0.29, 0.717) is 28.4 Å². The molecule has 0 unspecified atom stereocenters. The molecular formula is C24H18O6. The van der Waals surface area contributed by atoms with E-state index in [1.165, 1.54) is 13.2 Å². The van der Waals surface area contributed by atoms with E-state index in [0.717, 1.165) is 5.56 Å². The van der Waals surface area contributed by atoms with Crippen LogP contribution in [-0.2, 0) is 0 Å². The van der Waals surface area contributed by atoms with Gasteiger partial charge in [0.25, 0.3) is 0 Å². The van der Waals surface area contributed by atoms with Gasteiger partial charge in [0.15, 0.2) is 5.76 Å². The zero-order chi connectivity index (χ0) is 21.1. The van der Waals surface area contributed by atoms with Crippen LogP contribution in [0, 0.1) is 0 Å². The molecule has 0 saturated carbocycles. The number of hydrogen-bond acceptors (Lipinski definition) is 6. The first kappa shape index (κ1) is 19.3. The number of ether oxygens (including phenoxy) is 4. The fourth-order valence-corrected chi connectivity index (χ4v) is 3.13. The van der Waals surface area contributed by atoms with Crippen LogP contribution in [-0.4, -0.2) is 26.0 Å². The first-order chi connectivity index (χ1) is 14.6. The number of para-hydroxylation sites is 2. The molecule has 6 nitrogen and oxygen atoms in total. The molecule has 150 valence electrons. The summed E-state index contributed by atoms with van der Waals surface area (Å²) in [7, 11) is 3.04. The molecule has 0 spiro atoms. The van der Waals surface area contributed by atoms with Crippen molar-refractivity contribution in [3.8, 4) is 23.0 Å². The zero-order valence-electron chi connectivity index (χ0n) is 16.4. The summed E-state index contributed by atoms with van der Waals surface area (Å²) in [5, 5.41) is 0. The van der Waals surface area contributed by atoms with Gasteiger partial charge in [0, 0.05) is 11.6 Å². The lowest BCUT2D eigenvalue weighted by molar-refractivity contribution is 0.0731. The number of rotatable bonds is 5. The Balaban J connectivity index is 1.58. The number of hydrogen-bond donors (Lipinski definition) is 0. The van der Waals surface area contributed by atoms with Crippen LogP contribution in [0.25, 0.3) is 6.08 Å². The molecule has 3 aromatic rings. The Hall–Kier alpha value is -4.06. The van der Waals surface area contributed by atoms with Crippen molar-refractivity contribution in [3.05, 3.63) is 89.2 Å². The molecular weight excluding hydrogens is 384 g/mol. The summed E-state index contributed by atoms with van der Waals surface area (Å²) in [5.74, 6) is 0.978. The molecule has 0 N–H and O–H groups in total. The molecule has 6 heteroatoms.